The first-order valence-electron chi connectivity index (χ1n) is 7.44. The number of carbonyl (C=O) groups is 3. The molecule has 0 aliphatic heterocycles. The molecule has 0 radical (unpaired) electrons. The molecule has 0 aliphatic carbocycles. The molecule has 0 fully saturated rings. The SMILES string of the molecule is CCSc1ccc(C(=O)Nc2sc(C(=O)OC)c(C)c2C(N)=O)cc1. The number of esters is 1. The van der Waals surface area contributed by atoms with E-state index in [0.717, 1.165) is 22.0 Å². The van der Waals surface area contributed by atoms with Crippen molar-refractivity contribution in [1.82, 2.24) is 0 Å². The van der Waals surface area contributed by atoms with Crippen molar-refractivity contribution in [1.29, 1.82) is 0 Å². The highest BCUT2D eigenvalue weighted by atomic mass is 32.2. The molecule has 1 heterocycles. The summed E-state index contributed by atoms with van der Waals surface area (Å²) in [7, 11) is 1.25. The number of nitrogens with one attached hydrogen (secondary N) is 1. The van der Waals surface area contributed by atoms with Crippen LogP contribution >= 0.6 is 23.1 Å². The summed E-state index contributed by atoms with van der Waals surface area (Å²) >= 11 is 2.64. The third kappa shape index (κ3) is 4.21. The van der Waals surface area contributed by atoms with Crippen LogP contribution in [-0.4, -0.2) is 30.6 Å². The number of primary amides is 1. The highest BCUT2D eigenvalue weighted by Crippen LogP contribution is 2.33. The molecule has 0 unspecified atom stereocenters. The van der Waals surface area contributed by atoms with Crippen LogP contribution in [0, 0.1) is 6.92 Å². The predicted molar refractivity (Wildman–Crippen MR) is 99.7 cm³/mol. The number of hydrogen-bond donors (Lipinski definition) is 2. The van der Waals surface area contributed by atoms with Crippen LogP contribution in [0.1, 0.15) is 42.9 Å². The predicted octanol–water partition coefficient (Wildman–Crippen LogP) is 3.31. The van der Waals surface area contributed by atoms with E-state index in [1.807, 2.05) is 12.1 Å². The van der Waals surface area contributed by atoms with Gasteiger partial charge in [0.1, 0.15) is 9.88 Å². The van der Waals surface area contributed by atoms with E-state index in [-0.39, 0.29) is 21.3 Å². The Hall–Kier alpha value is -2.32. The largest absolute Gasteiger partial charge is 0.465 e. The number of benzene rings is 1. The minimum Gasteiger partial charge on any atom is -0.465 e. The van der Waals surface area contributed by atoms with Gasteiger partial charge in [-0.15, -0.1) is 23.1 Å². The van der Waals surface area contributed by atoms with E-state index >= 15 is 0 Å². The third-order valence-corrected chi connectivity index (χ3v) is 5.50. The fourth-order valence-electron chi connectivity index (χ4n) is 2.23. The van der Waals surface area contributed by atoms with Crippen molar-refractivity contribution in [2.45, 2.75) is 18.7 Å². The van der Waals surface area contributed by atoms with Crippen LogP contribution in [0.25, 0.3) is 0 Å². The van der Waals surface area contributed by atoms with Gasteiger partial charge in [0.15, 0.2) is 0 Å². The highest BCUT2D eigenvalue weighted by Gasteiger charge is 2.25. The number of ether oxygens (including phenoxy) is 1. The maximum absolute atomic E-state index is 12.4. The van der Waals surface area contributed by atoms with Crippen molar-refractivity contribution >= 4 is 45.9 Å². The lowest BCUT2D eigenvalue weighted by Gasteiger charge is -2.06. The Balaban J connectivity index is 2.30. The van der Waals surface area contributed by atoms with Gasteiger partial charge in [0.25, 0.3) is 11.8 Å². The van der Waals surface area contributed by atoms with Crippen molar-refractivity contribution in [3.8, 4) is 0 Å². The molecule has 0 bridgehead atoms. The summed E-state index contributed by atoms with van der Waals surface area (Å²) in [5.74, 6) is -0.730. The van der Waals surface area contributed by atoms with E-state index in [1.165, 1.54) is 7.11 Å². The molecule has 2 amide bonds. The van der Waals surface area contributed by atoms with Gasteiger partial charge in [-0.3, -0.25) is 9.59 Å². The number of rotatable bonds is 6. The fraction of sp³-hybridized carbons (Fsp3) is 0.235. The van der Waals surface area contributed by atoms with Gasteiger partial charge in [-0.25, -0.2) is 4.79 Å². The Labute approximate surface area is 153 Å². The maximum atomic E-state index is 12.4. The summed E-state index contributed by atoms with van der Waals surface area (Å²) in [4.78, 5) is 37.3. The fourth-order valence-corrected chi connectivity index (χ4v) is 4.02. The summed E-state index contributed by atoms with van der Waals surface area (Å²) in [6.45, 7) is 3.64. The zero-order valence-electron chi connectivity index (χ0n) is 14.0. The molecule has 2 rings (SSSR count). The molecule has 8 heteroatoms. The molecule has 2 aromatic rings. The van der Waals surface area contributed by atoms with E-state index < -0.39 is 11.9 Å². The van der Waals surface area contributed by atoms with E-state index in [9.17, 15) is 14.4 Å². The Morgan fingerprint density at radius 1 is 1.24 bits per heavy atom. The van der Waals surface area contributed by atoms with Gasteiger partial charge in [0, 0.05) is 10.5 Å². The summed E-state index contributed by atoms with van der Waals surface area (Å²) < 4.78 is 4.70. The molecule has 3 N–H and O–H groups in total. The second-order valence-corrected chi connectivity index (χ2v) is 7.39. The van der Waals surface area contributed by atoms with Crippen molar-refractivity contribution in [2.75, 3.05) is 18.2 Å². The van der Waals surface area contributed by atoms with Gasteiger partial charge < -0.3 is 15.8 Å². The number of anilines is 1. The van der Waals surface area contributed by atoms with E-state index in [4.69, 9.17) is 10.5 Å². The summed E-state index contributed by atoms with van der Waals surface area (Å²) in [5, 5.41) is 2.90. The molecule has 0 saturated carbocycles. The topological polar surface area (TPSA) is 98.5 Å². The number of nitrogens with two attached hydrogens (primary N) is 1. The number of carbonyl (C=O) groups excluding carboxylic acids is 3. The molecule has 0 spiro atoms. The molecule has 1 aromatic carbocycles. The molecular formula is C17H18N2O4S2. The molecule has 6 nitrogen and oxygen atoms in total. The Kier molecular flexibility index (Phi) is 6.22. The van der Waals surface area contributed by atoms with Gasteiger partial charge in [0.2, 0.25) is 0 Å². The van der Waals surface area contributed by atoms with Crippen LogP contribution in [-0.2, 0) is 4.74 Å². The molecule has 25 heavy (non-hydrogen) atoms. The minimum absolute atomic E-state index is 0.122. The van der Waals surface area contributed by atoms with Crippen molar-refractivity contribution in [3.05, 3.63) is 45.8 Å². The third-order valence-electron chi connectivity index (χ3n) is 3.42. The molecule has 1 aromatic heterocycles. The molecule has 0 aliphatic rings. The first kappa shape index (κ1) is 19.0. The Bertz CT molecular complexity index is 813. The second kappa shape index (κ2) is 8.17. The number of amides is 2. The zero-order chi connectivity index (χ0) is 18.6. The van der Waals surface area contributed by atoms with Crippen LogP contribution in [0.15, 0.2) is 29.2 Å². The Morgan fingerprint density at radius 3 is 2.40 bits per heavy atom. The van der Waals surface area contributed by atoms with Gasteiger partial charge >= 0.3 is 5.97 Å². The smallest absolute Gasteiger partial charge is 0.348 e. The average molecular weight is 378 g/mol. The maximum Gasteiger partial charge on any atom is 0.348 e. The van der Waals surface area contributed by atoms with E-state index in [2.05, 4.69) is 12.2 Å². The second-order valence-electron chi connectivity index (χ2n) is 5.03. The lowest BCUT2D eigenvalue weighted by Crippen LogP contribution is -2.17. The number of hydrogen-bond acceptors (Lipinski definition) is 6. The molecule has 132 valence electrons. The lowest BCUT2D eigenvalue weighted by molar-refractivity contribution is 0.0605. The van der Waals surface area contributed by atoms with Crippen molar-refractivity contribution < 1.29 is 19.1 Å². The van der Waals surface area contributed by atoms with Gasteiger partial charge in [0.05, 0.1) is 12.7 Å². The van der Waals surface area contributed by atoms with Crippen molar-refractivity contribution in [2.24, 2.45) is 5.73 Å². The van der Waals surface area contributed by atoms with Gasteiger partial charge in [-0.1, -0.05) is 6.92 Å². The van der Waals surface area contributed by atoms with Crippen LogP contribution in [0.5, 0.6) is 0 Å². The lowest BCUT2D eigenvalue weighted by atomic mass is 10.1. The van der Waals surface area contributed by atoms with Crippen LogP contribution < -0.4 is 11.1 Å². The molecular weight excluding hydrogens is 360 g/mol. The highest BCUT2D eigenvalue weighted by molar-refractivity contribution is 7.99. The minimum atomic E-state index is -0.714. The quantitative estimate of drug-likeness (QED) is 0.593. The van der Waals surface area contributed by atoms with Gasteiger partial charge in [-0.2, -0.15) is 0 Å². The molecule has 0 atom stereocenters. The normalized spacial score (nSPS) is 10.4. The van der Waals surface area contributed by atoms with E-state index in [1.54, 1.807) is 30.8 Å². The number of thiophene rings is 1. The van der Waals surface area contributed by atoms with Crippen LogP contribution in [0.2, 0.25) is 0 Å². The van der Waals surface area contributed by atoms with Crippen molar-refractivity contribution in [3.63, 3.8) is 0 Å². The molecule has 0 saturated heterocycles. The monoisotopic (exact) mass is 378 g/mol. The summed E-state index contributed by atoms with van der Waals surface area (Å²) in [5.41, 5.74) is 6.37. The van der Waals surface area contributed by atoms with Crippen LogP contribution in [0.4, 0.5) is 5.00 Å². The van der Waals surface area contributed by atoms with Gasteiger partial charge in [-0.05, 0) is 42.5 Å². The number of thioether (sulfide) groups is 1. The Morgan fingerprint density at radius 2 is 1.88 bits per heavy atom. The first-order valence-corrected chi connectivity index (χ1v) is 9.25. The standard InChI is InChI=1S/C17H18N2O4S2/c1-4-24-11-7-5-10(6-8-11)15(21)19-16-12(14(18)20)9(2)13(25-16)17(22)23-3/h5-8H,4H2,1-3H3,(H2,18,20)(H,19,21). The van der Waals surface area contributed by atoms with E-state index in [0.29, 0.717) is 11.1 Å². The average Bonchev–Trinajstić information content (AvgIpc) is 2.91. The zero-order valence-corrected chi connectivity index (χ0v) is 15.7. The summed E-state index contributed by atoms with van der Waals surface area (Å²) in [6, 6.07) is 7.13. The number of methoxy groups -OCH3 is 1. The van der Waals surface area contributed by atoms with Crippen LogP contribution in [0.3, 0.4) is 0 Å². The summed E-state index contributed by atoms with van der Waals surface area (Å²) in [6.07, 6.45) is 0. The first-order chi connectivity index (χ1) is 11.9.